The number of ether oxygens (including phenoxy) is 2. The molecule has 1 saturated heterocycles. The third-order valence-corrected chi connectivity index (χ3v) is 4.90. The number of methoxy groups -OCH3 is 2. The van der Waals surface area contributed by atoms with Crippen molar-refractivity contribution in [1.82, 2.24) is 30.0 Å². The molecule has 8 nitrogen and oxygen atoms in total. The molecule has 0 spiro atoms. The molecule has 1 aromatic heterocycles. The van der Waals surface area contributed by atoms with Crippen molar-refractivity contribution in [2.45, 2.75) is 12.6 Å². The maximum Gasteiger partial charge on any atom is 0.173 e. The van der Waals surface area contributed by atoms with Gasteiger partial charge in [0.15, 0.2) is 5.82 Å². The summed E-state index contributed by atoms with van der Waals surface area (Å²) >= 11 is 0. The molecule has 146 valence electrons. The molecule has 0 bridgehead atoms. The zero-order valence-corrected chi connectivity index (χ0v) is 16.1. The molecule has 8 heteroatoms. The van der Waals surface area contributed by atoms with Gasteiger partial charge in [-0.1, -0.05) is 18.2 Å². The van der Waals surface area contributed by atoms with Crippen LogP contribution in [-0.4, -0.2) is 83.6 Å². The molecular formula is C19H28N6O2. The van der Waals surface area contributed by atoms with Gasteiger partial charge in [0.25, 0.3) is 0 Å². The van der Waals surface area contributed by atoms with Gasteiger partial charge in [0.2, 0.25) is 0 Å². The molecule has 3 rings (SSSR count). The van der Waals surface area contributed by atoms with Crippen LogP contribution in [0, 0.1) is 0 Å². The number of rotatable bonds is 9. The molecule has 1 aliphatic rings. The van der Waals surface area contributed by atoms with Gasteiger partial charge in [-0.25, -0.2) is 4.68 Å². The Balaban J connectivity index is 1.87. The molecule has 27 heavy (non-hydrogen) atoms. The maximum atomic E-state index is 5.31. The number of tetrazole rings is 1. The van der Waals surface area contributed by atoms with Gasteiger partial charge >= 0.3 is 0 Å². The lowest BCUT2D eigenvalue weighted by Crippen LogP contribution is -2.48. The van der Waals surface area contributed by atoms with Gasteiger partial charge in [0, 0.05) is 39.8 Å². The first kappa shape index (κ1) is 19.5. The summed E-state index contributed by atoms with van der Waals surface area (Å²) < 4.78 is 12.4. The fourth-order valence-electron chi connectivity index (χ4n) is 3.44. The van der Waals surface area contributed by atoms with E-state index in [-0.39, 0.29) is 6.04 Å². The zero-order valence-electron chi connectivity index (χ0n) is 16.1. The van der Waals surface area contributed by atoms with Crippen LogP contribution in [0.25, 0.3) is 0 Å². The van der Waals surface area contributed by atoms with Gasteiger partial charge in [-0.2, -0.15) is 0 Å². The van der Waals surface area contributed by atoms with E-state index in [1.54, 1.807) is 14.2 Å². The number of aromatic nitrogens is 4. The standard InChI is InChI=1S/C19H28N6O2/c1-4-9-23-10-12-24(13-11-23)18(16-5-7-17(27-3)8-6-16)19-20-21-22-25(19)14-15-26-2/h4-8,18H,1,9-15H2,2-3H3. The highest BCUT2D eigenvalue weighted by atomic mass is 16.5. The first-order valence-electron chi connectivity index (χ1n) is 9.23. The molecule has 2 heterocycles. The Morgan fingerprint density at radius 2 is 1.89 bits per heavy atom. The Bertz CT molecular complexity index is 709. The van der Waals surface area contributed by atoms with Gasteiger partial charge in [-0.05, 0) is 28.1 Å². The van der Waals surface area contributed by atoms with Gasteiger partial charge < -0.3 is 9.47 Å². The van der Waals surface area contributed by atoms with Crippen LogP contribution in [0.4, 0.5) is 0 Å². The SMILES string of the molecule is C=CCN1CCN(C(c2ccc(OC)cc2)c2nnnn2CCOC)CC1. The quantitative estimate of drug-likeness (QED) is 0.613. The third-order valence-electron chi connectivity index (χ3n) is 4.90. The summed E-state index contributed by atoms with van der Waals surface area (Å²) in [6.45, 7) is 9.85. The Labute approximate surface area is 160 Å². The highest BCUT2D eigenvalue weighted by Gasteiger charge is 2.30. The highest BCUT2D eigenvalue weighted by molar-refractivity contribution is 5.32. The summed E-state index contributed by atoms with van der Waals surface area (Å²) in [6, 6.07) is 8.15. The Hall–Kier alpha value is -2.29. The van der Waals surface area contributed by atoms with Gasteiger partial charge in [-0.15, -0.1) is 11.7 Å². The minimum absolute atomic E-state index is 0.00589. The summed E-state index contributed by atoms with van der Waals surface area (Å²) in [5.74, 6) is 1.68. The summed E-state index contributed by atoms with van der Waals surface area (Å²) in [7, 11) is 3.36. The number of benzene rings is 1. The van der Waals surface area contributed by atoms with Crippen LogP contribution in [0.1, 0.15) is 17.4 Å². The second-order valence-corrected chi connectivity index (χ2v) is 6.55. The predicted molar refractivity (Wildman–Crippen MR) is 103 cm³/mol. The lowest BCUT2D eigenvalue weighted by atomic mass is 10.0. The third kappa shape index (κ3) is 4.71. The Morgan fingerprint density at radius 3 is 2.52 bits per heavy atom. The molecule has 0 saturated carbocycles. The smallest absolute Gasteiger partial charge is 0.173 e. The topological polar surface area (TPSA) is 68.5 Å². The van der Waals surface area contributed by atoms with Crippen molar-refractivity contribution in [3.63, 3.8) is 0 Å². The van der Waals surface area contributed by atoms with Crippen LogP contribution in [0.2, 0.25) is 0 Å². The molecule has 1 unspecified atom stereocenters. The van der Waals surface area contributed by atoms with E-state index in [9.17, 15) is 0 Å². The first-order valence-corrected chi connectivity index (χ1v) is 9.23. The van der Waals surface area contributed by atoms with Crippen molar-refractivity contribution < 1.29 is 9.47 Å². The number of hydrogen-bond donors (Lipinski definition) is 0. The van der Waals surface area contributed by atoms with Crippen molar-refractivity contribution in [2.75, 3.05) is 53.6 Å². The van der Waals surface area contributed by atoms with E-state index in [4.69, 9.17) is 9.47 Å². The van der Waals surface area contributed by atoms with E-state index in [2.05, 4.69) is 44.0 Å². The van der Waals surface area contributed by atoms with Gasteiger partial charge in [0.05, 0.1) is 26.3 Å². The molecule has 0 amide bonds. The fraction of sp³-hybridized carbons (Fsp3) is 0.526. The van der Waals surface area contributed by atoms with Crippen molar-refractivity contribution in [3.8, 4) is 5.75 Å². The molecular weight excluding hydrogens is 344 g/mol. The van der Waals surface area contributed by atoms with Crippen LogP contribution in [-0.2, 0) is 11.3 Å². The molecule has 1 fully saturated rings. The van der Waals surface area contributed by atoms with Crippen molar-refractivity contribution >= 4 is 0 Å². The van der Waals surface area contributed by atoms with Gasteiger partial charge in [-0.3, -0.25) is 9.80 Å². The Morgan fingerprint density at radius 1 is 1.15 bits per heavy atom. The lowest BCUT2D eigenvalue weighted by molar-refractivity contribution is 0.111. The minimum atomic E-state index is -0.00589. The summed E-state index contributed by atoms with van der Waals surface area (Å²) in [5.41, 5.74) is 1.15. The van der Waals surface area contributed by atoms with Crippen LogP contribution in [0.3, 0.4) is 0 Å². The van der Waals surface area contributed by atoms with E-state index < -0.39 is 0 Å². The lowest BCUT2D eigenvalue weighted by Gasteiger charge is -2.38. The molecule has 0 aliphatic carbocycles. The van der Waals surface area contributed by atoms with Crippen LogP contribution in [0.5, 0.6) is 5.75 Å². The first-order chi connectivity index (χ1) is 13.3. The molecule has 0 radical (unpaired) electrons. The van der Waals surface area contributed by atoms with Crippen LogP contribution >= 0.6 is 0 Å². The highest BCUT2D eigenvalue weighted by Crippen LogP contribution is 2.29. The number of hydrogen-bond acceptors (Lipinski definition) is 7. The molecule has 2 aromatic rings. The van der Waals surface area contributed by atoms with Crippen molar-refractivity contribution in [3.05, 3.63) is 48.3 Å². The summed E-state index contributed by atoms with van der Waals surface area (Å²) in [5, 5.41) is 12.5. The van der Waals surface area contributed by atoms with E-state index in [1.807, 2.05) is 22.9 Å². The minimum Gasteiger partial charge on any atom is -0.497 e. The van der Waals surface area contributed by atoms with Crippen LogP contribution < -0.4 is 4.74 Å². The largest absolute Gasteiger partial charge is 0.497 e. The van der Waals surface area contributed by atoms with Crippen LogP contribution in [0.15, 0.2) is 36.9 Å². The molecule has 1 aromatic carbocycles. The number of piperazine rings is 1. The van der Waals surface area contributed by atoms with Crippen molar-refractivity contribution in [2.24, 2.45) is 0 Å². The van der Waals surface area contributed by atoms with E-state index in [0.29, 0.717) is 13.2 Å². The Kier molecular flexibility index (Phi) is 6.92. The fourth-order valence-corrected chi connectivity index (χ4v) is 3.44. The zero-order chi connectivity index (χ0) is 19.1. The average Bonchev–Trinajstić information content (AvgIpc) is 3.17. The molecule has 1 atom stereocenters. The normalized spacial score (nSPS) is 17.0. The van der Waals surface area contributed by atoms with E-state index >= 15 is 0 Å². The monoisotopic (exact) mass is 372 g/mol. The molecule has 1 aliphatic heterocycles. The van der Waals surface area contributed by atoms with E-state index in [0.717, 1.165) is 49.9 Å². The van der Waals surface area contributed by atoms with Crippen molar-refractivity contribution in [1.29, 1.82) is 0 Å². The predicted octanol–water partition coefficient (Wildman–Crippen LogP) is 1.22. The second kappa shape index (κ2) is 9.59. The summed E-state index contributed by atoms with van der Waals surface area (Å²) in [6.07, 6.45) is 1.96. The van der Waals surface area contributed by atoms with Gasteiger partial charge in [0.1, 0.15) is 5.75 Å². The van der Waals surface area contributed by atoms with E-state index in [1.165, 1.54) is 0 Å². The number of nitrogens with zero attached hydrogens (tertiary/aromatic N) is 6. The summed E-state index contributed by atoms with van der Waals surface area (Å²) in [4.78, 5) is 4.85. The maximum absolute atomic E-state index is 5.31. The second-order valence-electron chi connectivity index (χ2n) is 6.55. The average molecular weight is 372 g/mol. The molecule has 0 N–H and O–H groups in total.